The van der Waals surface area contributed by atoms with E-state index in [4.69, 9.17) is 18.9 Å². The van der Waals surface area contributed by atoms with Crippen LogP contribution in [0.1, 0.15) is 10.4 Å². The lowest BCUT2D eigenvalue weighted by Gasteiger charge is -2.17. The minimum Gasteiger partial charge on any atom is -0.495 e. The molecular weight excluding hydrogens is 424 g/mol. The molecule has 0 bridgehead atoms. The van der Waals surface area contributed by atoms with Gasteiger partial charge < -0.3 is 24.3 Å². The Morgan fingerprint density at radius 1 is 1.00 bits per heavy atom. The zero-order valence-electron chi connectivity index (χ0n) is 15.0. The Morgan fingerprint density at radius 3 is 2.15 bits per heavy atom. The molecule has 0 aliphatic carbocycles. The molecule has 0 fully saturated rings. The summed E-state index contributed by atoms with van der Waals surface area (Å²) in [5, 5.41) is 13.6. The lowest BCUT2D eigenvalue weighted by Crippen LogP contribution is -2.14. The smallest absolute Gasteiger partial charge is 0.271 e. The highest BCUT2D eigenvalue weighted by molar-refractivity contribution is 9.10. The Bertz CT molecular complexity index is 886. The van der Waals surface area contributed by atoms with Crippen molar-refractivity contribution in [1.29, 1.82) is 0 Å². The SMILES string of the molecule is COc1ccc([N+](=O)[O-])cc1NC(=O)c1cc(OC)c(OC)c(OC)c1Br. The number of nitro groups is 1. The molecule has 0 saturated heterocycles. The van der Waals surface area contributed by atoms with Crippen molar-refractivity contribution in [3.05, 3.63) is 44.4 Å². The van der Waals surface area contributed by atoms with Crippen LogP contribution < -0.4 is 24.3 Å². The monoisotopic (exact) mass is 440 g/mol. The molecule has 0 atom stereocenters. The highest BCUT2D eigenvalue weighted by Crippen LogP contribution is 2.45. The van der Waals surface area contributed by atoms with Crippen LogP contribution in [0.3, 0.4) is 0 Å². The van der Waals surface area contributed by atoms with Gasteiger partial charge in [-0.25, -0.2) is 0 Å². The van der Waals surface area contributed by atoms with E-state index >= 15 is 0 Å². The van der Waals surface area contributed by atoms with Crippen molar-refractivity contribution < 1.29 is 28.7 Å². The number of nitro benzene ring substituents is 1. The molecule has 0 aliphatic heterocycles. The number of benzene rings is 2. The fraction of sp³-hybridized carbons (Fsp3) is 0.235. The average molecular weight is 441 g/mol. The number of nitrogens with one attached hydrogen (secondary N) is 1. The number of amides is 1. The number of carbonyl (C=O) groups excluding carboxylic acids is 1. The lowest BCUT2D eigenvalue weighted by atomic mass is 10.1. The maximum Gasteiger partial charge on any atom is 0.271 e. The van der Waals surface area contributed by atoms with Crippen LogP contribution in [0.15, 0.2) is 28.7 Å². The number of rotatable bonds is 7. The van der Waals surface area contributed by atoms with Gasteiger partial charge in [-0.1, -0.05) is 0 Å². The first kappa shape index (κ1) is 20.3. The Balaban J connectivity index is 2.50. The third kappa shape index (κ3) is 4.05. The highest BCUT2D eigenvalue weighted by atomic mass is 79.9. The van der Waals surface area contributed by atoms with Crippen molar-refractivity contribution in [3.8, 4) is 23.0 Å². The quantitative estimate of drug-likeness (QED) is 0.516. The summed E-state index contributed by atoms with van der Waals surface area (Å²) >= 11 is 3.32. The van der Waals surface area contributed by atoms with Gasteiger partial charge >= 0.3 is 0 Å². The van der Waals surface area contributed by atoms with Crippen LogP contribution in [0.2, 0.25) is 0 Å². The van der Waals surface area contributed by atoms with E-state index in [1.165, 1.54) is 52.7 Å². The Morgan fingerprint density at radius 2 is 1.63 bits per heavy atom. The third-order valence-corrected chi connectivity index (χ3v) is 4.44. The van der Waals surface area contributed by atoms with E-state index in [2.05, 4.69) is 21.2 Å². The third-order valence-electron chi connectivity index (χ3n) is 3.66. The Hall–Kier alpha value is -3.01. The molecule has 1 amide bonds. The number of nitrogens with zero attached hydrogens (tertiary/aromatic N) is 1. The molecule has 10 heteroatoms. The number of methoxy groups -OCH3 is 4. The van der Waals surface area contributed by atoms with E-state index < -0.39 is 10.8 Å². The van der Waals surface area contributed by atoms with Gasteiger partial charge in [-0.15, -0.1) is 0 Å². The molecule has 2 aromatic carbocycles. The van der Waals surface area contributed by atoms with Crippen molar-refractivity contribution in [2.75, 3.05) is 33.8 Å². The highest BCUT2D eigenvalue weighted by Gasteiger charge is 2.24. The van der Waals surface area contributed by atoms with Crippen LogP contribution >= 0.6 is 15.9 Å². The molecule has 9 nitrogen and oxygen atoms in total. The Kier molecular flexibility index (Phi) is 6.45. The zero-order chi connectivity index (χ0) is 20.1. The summed E-state index contributed by atoms with van der Waals surface area (Å²) in [6, 6.07) is 5.36. The van der Waals surface area contributed by atoms with E-state index in [9.17, 15) is 14.9 Å². The maximum absolute atomic E-state index is 12.8. The predicted molar refractivity (Wildman–Crippen MR) is 101 cm³/mol. The first-order valence-electron chi connectivity index (χ1n) is 7.50. The molecule has 0 spiro atoms. The molecule has 27 heavy (non-hydrogen) atoms. The van der Waals surface area contributed by atoms with Crippen molar-refractivity contribution >= 4 is 33.2 Å². The molecule has 0 unspecified atom stereocenters. The second kappa shape index (κ2) is 8.58. The summed E-state index contributed by atoms with van der Waals surface area (Å²) in [5.74, 6) is 0.593. The maximum atomic E-state index is 12.8. The summed E-state index contributed by atoms with van der Waals surface area (Å²) in [6.45, 7) is 0. The first-order chi connectivity index (χ1) is 12.9. The number of halogens is 1. The Labute approximate surface area is 163 Å². The zero-order valence-corrected chi connectivity index (χ0v) is 16.6. The van der Waals surface area contributed by atoms with Gasteiger partial charge in [0.2, 0.25) is 5.75 Å². The van der Waals surface area contributed by atoms with Crippen molar-refractivity contribution in [1.82, 2.24) is 0 Å². The molecule has 2 rings (SSSR count). The van der Waals surface area contributed by atoms with Crippen LogP contribution in [0, 0.1) is 10.1 Å². The summed E-state index contributed by atoms with van der Waals surface area (Å²) in [4.78, 5) is 23.2. The average Bonchev–Trinajstić information content (AvgIpc) is 2.66. The summed E-state index contributed by atoms with van der Waals surface area (Å²) in [5.41, 5.74) is 0.144. The van der Waals surface area contributed by atoms with Gasteiger partial charge in [0, 0.05) is 12.1 Å². The van der Waals surface area contributed by atoms with Crippen molar-refractivity contribution in [3.63, 3.8) is 0 Å². The number of anilines is 1. The van der Waals surface area contributed by atoms with Crippen LogP contribution in [-0.4, -0.2) is 39.3 Å². The van der Waals surface area contributed by atoms with Crippen molar-refractivity contribution in [2.45, 2.75) is 0 Å². The van der Waals surface area contributed by atoms with Gasteiger partial charge in [0.25, 0.3) is 11.6 Å². The number of carbonyl (C=O) groups is 1. The van der Waals surface area contributed by atoms with Gasteiger partial charge in [0.15, 0.2) is 11.5 Å². The van der Waals surface area contributed by atoms with E-state index in [0.29, 0.717) is 10.2 Å². The summed E-state index contributed by atoms with van der Waals surface area (Å²) in [7, 11) is 5.69. The van der Waals surface area contributed by atoms with E-state index in [0.717, 1.165) is 0 Å². The molecular formula is C17H17BrN2O7. The fourth-order valence-electron chi connectivity index (χ4n) is 2.38. The summed E-state index contributed by atoms with van der Waals surface area (Å²) < 4.78 is 21.3. The molecule has 0 saturated carbocycles. The van der Waals surface area contributed by atoms with E-state index in [-0.39, 0.29) is 34.2 Å². The molecule has 0 heterocycles. The first-order valence-corrected chi connectivity index (χ1v) is 8.29. The largest absolute Gasteiger partial charge is 0.495 e. The second-order valence-corrected chi connectivity index (χ2v) is 5.90. The standard InChI is InChI=1S/C17H17BrN2O7/c1-24-12-6-5-9(20(22)23)7-11(12)19-17(21)10-8-13(25-2)15(26-3)16(27-4)14(10)18/h5-8H,1-4H3,(H,19,21). The molecule has 0 radical (unpaired) electrons. The lowest BCUT2D eigenvalue weighted by molar-refractivity contribution is -0.384. The predicted octanol–water partition coefficient (Wildman–Crippen LogP) is 3.64. The molecule has 144 valence electrons. The number of non-ortho nitro benzene ring substituents is 1. The molecule has 2 aromatic rings. The van der Waals surface area contributed by atoms with Crippen LogP contribution in [-0.2, 0) is 0 Å². The fourth-order valence-corrected chi connectivity index (χ4v) is 3.02. The van der Waals surface area contributed by atoms with E-state index in [1.54, 1.807) is 0 Å². The van der Waals surface area contributed by atoms with Gasteiger partial charge in [-0.05, 0) is 28.1 Å². The van der Waals surface area contributed by atoms with Gasteiger partial charge in [0.05, 0.1) is 49.1 Å². The van der Waals surface area contributed by atoms with Gasteiger partial charge in [-0.2, -0.15) is 0 Å². The second-order valence-electron chi connectivity index (χ2n) is 5.10. The normalized spacial score (nSPS) is 10.1. The molecule has 0 aromatic heterocycles. The number of ether oxygens (including phenoxy) is 4. The number of hydrogen-bond acceptors (Lipinski definition) is 7. The van der Waals surface area contributed by atoms with Crippen LogP contribution in [0.4, 0.5) is 11.4 Å². The topological polar surface area (TPSA) is 109 Å². The minimum atomic E-state index is -0.565. The van der Waals surface area contributed by atoms with E-state index in [1.807, 2.05) is 0 Å². The molecule has 1 N–H and O–H groups in total. The van der Waals surface area contributed by atoms with Crippen molar-refractivity contribution in [2.24, 2.45) is 0 Å². The molecule has 0 aliphatic rings. The minimum absolute atomic E-state index is 0.150. The van der Waals surface area contributed by atoms with Crippen LogP contribution in [0.25, 0.3) is 0 Å². The van der Waals surface area contributed by atoms with Gasteiger partial charge in [0.1, 0.15) is 5.75 Å². The number of hydrogen-bond donors (Lipinski definition) is 1. The summed E-state index contributed by atoms with van der Waals surface area (Å²) in [6.07, 6.45) is 0. The van der Waals surface area contributed by atoms with Gasteiger partial charge in [-0.3, -0.25) is 14.9 Å². The van der Waals surface area contributed by atoms with Crippen LogP contribution in [0.5, 0.6) is 23.0 Å².